The number of nitrogens with one attached hydrogen (secondary N) is 1. The number of nitrogens with zero attached hydrogens (tertiary/aromatic N) is 1. The maximum atomic E-state index is 11.6. The minimum absolute atomic E-state index is 0.0415. The van der Waals surface area contributed by atoms with Crippen molar-refractivity contribution in [2.24, 2.45) is 11.8 Å². The van der Waals surface area contributed by atoms with Gasteiger partial charge in [-0.15, -0.1) is 0 Å². The molecule has 1 amide bonds. The average Bonchev–Trinajstić information content (AvgIpc) is 2.56. The SMILES string of the molecule is CCC(C)Oc1ccccc1CN1CCC(C(=O)NN)CC1. The lowest BCUT2D eigenvalue weighted by Gasteiger charge is -2.31. The summed E-state index contributed by atoms with van der Waals surface area (Å²) in [6.07, 6.45) is 2.93. The van der Waals surface area contributed by atoms with E-state index in [-0.39, 0.29) is 17.9 Å². The predicted octanol–water partition coefficient (Wildman–Crippen LogP) is 2.07. The number of likely N-dealkylation sites (tertiary alicyclic amines) is 1. The van der Waals surface area contributed by atoms with Crippen molar-refractivity contribution in [1.29, 1.82) is 0 Å². The quantitative estimate of drug-likeness (QED) is 0.479. The van der Waals surface area contributed by atoms with Crippen LogP contribution in [0.15, 0.2) is 24.3 Å². The van der Waals surface area contributed by atoms with Crippen molar-refractivity contribution in [1.82, 2.24) is 10.3 Å². The van der Waals surface area contributed by atoms with E-state index in [1.54, 1.807) is 0 Å². The van der Waals surface area contributed by atoms with Crippen LogP contribution in [0.3, 0.4) is 0 Å². The van der Waals surface area contributed by atoms with Gasteiger partial charge in [-0.3, -0.25) is 15.1 Å². The lowest BCUT2D eigenvalue weighted by Crippen LogP contribution is -2.42. The molecule has 1 aromatic rings. The first-order chi connectivity index (χ1) is 10.6. The highest BCUT2D eigenvalue weighted by molar-refractivity contribution is 5.78. The Balaban J connectivity index is 1.93. The highest BCUT2D eigenvalue weighted by atomic mass is 16.5. The van der Waals surface area contributed by atoms with Gasteiger partial charge in [-0.1, -0.05) is 25.1 Å². The number of para-hydroxylation sites is 1. The molecule has 1 unspecified atom stereocenters. The molecule has 1 saturated heterocycles. The molecule has 2 rings (SSSR count). The van der Waals surface area contributed by atoms with Gasteiger partial charge in [0.05, 0.1) is 6.10 Å². The zero-order valence-corrected chi connectivity index (χ0v) is 13.5. The van der Waals surface area contributed by atoms with E-state index in [4.69, 9.17) is 10.6 Å². The van der Waals surface area contributed by atoms with Crippen LogP contribution in [0.5, 0.6) is 5.75 Å². The molecule has 0 radical (unpaired) electrons. The molecule has 22 heavy (non-hydrogen) atoms. The molecule has 1 atom stereocenters. The van der Waals surface area contributed by atoms with Gasteiger partial charge in [0.25, 0.3) is 0 Å². The number of rotatable bonds is 6. The highest BCUT2D eigenvalue weighted by Crippen LogP contribution is 2.24. The number of carbonyl (C=O) groups excluding carboxylic acids is 1. The molecular weight excluding hydrogens is 278 g/mol. The lowest BCUT2D eigenvalue weighted by molar-refractivity contribution is -0.126. The van der Waals surface area contributed by atoms with Gasteiger partial charge in [-0.2, -0.15) is 0 Å². The van der Waals surface area contributed by atoms with Gasteiger partial charge in [0, 0.05) is 18.0 Å². The first kappa shape index (κ1) is 16.8. The monoisotopic (exact) mass is 305 g/mol. The highest BCUT2D eigenvalue weighted by Gasteiger charge is 2.24. The fourth-order valence-electron chi connectivity index (χ4n) is 2.76. The van der Waals surface area contributed by atoms with E-state index in [2.05, 4.69) is 30.2 Å². The molecule has 0 aliphatic carbocycles. The molecule has 0 aromatic heterocycles. The summed E-state index contributed by atoms with van der Waals surface area (Å²) < 4.78 is 6.01. The van der Waals surface area contributed by atoms with Gasteiger partial charge in [-0.05, 0) is 45.3 Å². The molecule has 1 heterocycles. The smallest absolute Gasteiger partial charge is 0.237 e. The molecule has 0 spiro atoms. The minimum atomic E-state index is -0.0415. The zero-order valence-electron chi connectivity index (χ0n) is 13.5. The van der Waals surface area contributed by atoms with E-state index < -0.39 is 0 Å². The topological polar surface area (TPSA) is 67.6 Å². The Morgan fingerprint density at radius 1 is 1.41 bits per heavy atom. The standard InChI is InChI=1S/C17H27N3O2/c1-3-13(2)22-16-7-5-4-6-15(16)12-20-10-8-14(9-11-20)17(21)19-18/h4-7,13-14H,3,8-12,18H2,1-2H3,(H,19,21). The molecule has 1 fully saturated rings. The summed E-state index contributed by atoms with van der Waals surface area (Å²) >= 11 is 0. The molecular formula is C17H27N3O2. The molecule has 1 aliphatic heterocycles. The Hall–Kier alpha value is -1.59. The first-order valence-electron chi connectivity index (χ1n) is 8.11. The number of hydrogen-bond acceptors (Lipinski definition) is 4. The number of hydrogen-bond donors (Lipinski definition) is 2. The van der Waals surface area contributed by atoms with E-state index in [1.165, 1.54) is 5.56 Å². The number of benzene rings is 1. The second kappa shape index (κ2) is 8.15. The van der Waals surface area contributed by atoms with Gasteiger partial charge in [0.2, 0.25) is 5.91 Å². The van der Waals surface area contributed by atoms with Crippen LogP contribution < -0.4 is 16.0 Å². The summed E-state index contributed by atoms with van der Waals surface area (Å²) in [7, 11) is 0. The summed E-state index contributed by atoms with van der Waals surface area (Å²) in [5.41, 5.74) is 3.47. The third kappa shape index (κ3) is 4.45. The van der Waals surface area contributed by atoms with Crippen LogP contribution >= 0.6 is 0 Å². The minimum Gasteiger partial charge on any atom is -0.490 e. The van der Waals surface area contributed by atoms with Gasteiger partial charge in [0.1, 0.15) is 5.75 Å². The molecule has 5 heteroatoms. The largest absolute Gasteiger partial charge is 0.490 e. The van der Waals surface area contributed by atoms with Crippen LogP contribution in [-0.4, -0.2) is 30.0 Å². The van der Waals surface area contributed by atoms with Crippen LogP contribution in [0.1, 0.15) is 38.7 Å². The van der Waals surface area contributed by atoms with E-state index in [0.717, 1.165) is 44.6 Å². The van der Waals surface area contributed by atoms with Gasteiger partial charge in [-0.25, -0.2) is 5.84 Å². The fraction of sp³-hybridized carbons (Fsp3) is 0.588. The van der Waals surface area contributed by atoms with Crippen molar-refractivity contribution >= 4 is 5.91 Å². The van der Waals surface area contributed by atoms with Crippen LogP contribution in [0, 0.1) is 5.92 Å². The molecule has 0 saturated carbocycles. The van der Waals surface area contributed by atoms with Crippen molar-refractivity contribution in [2.75, 3.05) is 13.1 Å². The van der Waals surface area contributed by atoms with Crippen molar-refractivity contribution in [3.8, 4) is 5.75 Å². The zero-order chi connectivity index (χ0) is 15.9. The summed E-state index contributed by atoms with van der Waals surface area (Å²) in [6, 6.07) is 8.22. The van der Waals surface area contributed by atoms with E-state index in [0.29, 0.717) is 0 Å². The molecule has 5 nitrogen and oxygen atoms in total. The Kier molecular flexibility index (Phi) is 6.21. The third-order valence-electron chi connectivity index (χ3n) is 4.37. The molecule has 3 N–H and O–H groups in total. The summed E-state index contributed by atoms with van der Waals surface area (Å²) in [5.74, 6) is 6.19. The summed E-state index contributed by atoms with van der Waals surface area (Å²) in [5, 5.41) is 0. The molecule has 122 valence electrons. The van der Waals surface area contributed by atoms with Crippen molar-refractivity contribution in [3.63, 3.8) is 0 Å². The predicted molar refractivity (Wildman–Crippen MR) is 87.2 cm³/mol. The van der Waals surface area contributed by atoms with E-state index in [1.807, 2.05) is 18.2 Å². The Morgan fingerprint density at radius 3 is 2.73 bits per heavy atom. The van der Waals surface area contributed by atoms with E-state index >= 15 is 0 Å². The molecule has 0 bridgehead atoms. The Labute approximate surface area is 132 Å². The van der Waals surface area contributed by atoms with Crippen LogP contribution in [0.4, 0.5) is 0 Å². The average molecular weight is 305 g/mol. The third-order valence-corrected chi connectivity index (χ3v) is 4.37. The number of ether oxygens (including phenoxy) is 1. The second-order valence-electron chi connectivity index (χ2n) is 6.00. The van der Waals surface area contributed by atoms with Crippen molar-refractivity contribution < 1.29 is 9.53 Å². The lowest BCUT2D eigenvalue weighted by atomic mass is 9.96. The number of hydrazine groups is 1. The van der Waals surface area contributed by atoms with Crippen LogP contribution in [0.25, 0.3) is 0 Å². The maximum Gasteiger partial charge on any atom is 0.237 e. The van der Waals surface area contributed by atoms with Gasteiger partial charge < -0.3 is 4.74 Å². The van der Waals surface area contributed by atoms with Crippen molar-refractivity contribution in [3.05, 3.63) is 29.8 Å². The normalized spacial score (nSPS) is 18.0. The Bertz CT molecular complexity index is 485. The van der Waals surface area contributed by atoms with Gasteiger partial charge >= 0.3 is 0 Å². The number of piperidine rings is 1. The maximum absolute atomic E-state index is 11.6. The Morgan fingerprint density at radius 2 is 2.09 bits per heavy atom. The van der Waals surface area contributed by atoms with Crippen LogP contribution in [0.2, 0.25) is 0 Å². The number of carbonyl (C=O) groups is 1. The fourth-order valence-corrected chi connectivity index (χ4v) is 2.76. The molecule has 1 aliphatic rings. The number of amides is 1. The summed E-state index contributed by atoms with van der Waals surface area (Å²) in [4.78, 5) is 13.9. The van der Waals surface area contributed by atoms with Crippen molar-refractivity contribution in [2.45, 2.75) is 45.8 Å². The summed E-state index contributed by atoms with van der Waals surface area (Å²) in [6.45, 7) is 6.91. The second-order valence-corrected chi connectivity index (χ2v) is 6.00. The first-order valence-corrected chi connectivity index (χ1v) is 8.11. The van der Waals surface area contributed by atoms with E-state index in [9.17, 15) is 4.79 Å². The van der Waals surface area contributed by atoms with Crippen LogP contribution in [-0.2, 0) is 11.3 Å². The molecule has 1 aromatic carbocycles. The van der Waals surface area contributed by atoms with Gasteiger partial charge in [0.15, 0.2) is 0 Å². The number of nitrogens with two attached hydrogens (primary N) is 1.